The number of amides is 1. The van der Waals surface area contributed by atoms with Crippen LogP contribution in [0, 0.1) is 0 Å². The van der Waals surface area contributed by atoms with Crippen LogP contribution in [-0.4, -0.2) is 38.8 Å². The van der Waals surface area contributed by atoms with Crippen LogP contribution in [-0.2, 0) is 15.6 Å². The Morgan fingerprint density at radius 2 is 1.93 bits per heavy atom. The molecule has 3 aromatic rings. The first-order valence-corrected chi connectivity index (χ1v) is 11.7. The minimum atomic E-state index is -3.17. The van der Waals surface area contributed by atoms with Crippen molar-refractivity contribution >= 4 is 32.2 Å². The van der Waals surface area contributed by atoms with Crippen LogP contribution in [0.3, 0.4) is 0 Å². The molecule has 1 aromatic heterocycles. The fraction of sp³-hybridized carbons (Fsp3) is 0.200. The zero-order valence-electron chi connectivity index (χ0n) is 15.5. The van der Waals surface area contributed by atoms with Crippen LogP contribution >= 0.6 is 11.3 Å². The van der Waals surface area contributed by atoms with E-state index in [4.69, 9.17) is 9.47 Å². The van der Waals surface area contributed by atoms with E-state index in [2.05, 4.69) is 10.3 Å². The number of carbonyl (C=O) groups excluding carboxylic acids is 1. The van der Waals surface area contributed by atoms with Gasteiger partial charge in [0.15, 0.2) is 26.5 Å². The fourth-order valence-corrected chi connectivity index (χ4v) is 4.44. The van der Waals surface area contributed by atoms with E-state index in [1.54, 1.807) is 24.3 Å². The Labute approximate surface area is 172 Å². The maximum atomic E-state index is 12.5. The number of benzene rings is 2. The number of hydrogen-bond donors (Lipinski definition) is 1. The summed E-state index contributed by atoms with van der Waals surface area (Å²) in [5.41, 5.74) is 2.52. The molecule has 2 heterocycles. The maximum Gasteiger partial charge on any atom is 0.257 e. The van der Waals surface area contributed by atoms with E-state index in [1.165, 1.54) is 11.3 Å². The number of rotatable bonds is 5. The molecule has 7 nitrogen and oxygen atoms in total. The van der Waals surface area contributed by atoms with Gasteiger partial charge in [-0.1, -0.05) is 12.1 Å². The molecule has 4 rings (SSSR count). The third-order valence-corrected chi connectivity index (χ3v) is 5.80. The van der Waals surface area contributed by atoms with Crippen molar-refractivity contribution in [3.05, 3.63) is 59.0 Å². The summed E-state index contributed by atoms with van der Waals surface area (Å²) in [4.78, 5) is 17.0. The van der Waals surface area contributed by atoms with Crippen LogP contribution in [0.15, 0.2) is 47.8 Å². The Morgan fingerprint density at radius 3 is 2.72 bits per heavy atom. The average Bonchev–Trinajstić information content (AvgIpc) is 3.15. The molecule has 1 aliphatic rings. The Bertz CT molecular complexity index is 1170. The van der Waals surface area contributed by atoms with Gasteiger partial charge < -0.3 is 9.47 Å². The number of nitrogens with zero attached hydrogens (tertiary/aromatic N) is 1. The van der Waals surface area contributed by atoms with Gasteiger partial charge in [0.1, 0.15) is 13.2 Å². The number of ether oxygens (including phenoxy) is 2. The van der Waals surface area contributed by atoms with E-state index in [9.17, 15) is 13.2 Å². The molecular formula is C20H18N2O5S2. The zero-order valence-corrected chi connectivity index (χ0v) is 17.2. The monoisotopic (exact) mass is 430 g/mol. The highest BCUT2D eigenvalue weighted by atomic mass is 32.2. The smallest absolute Gasteiger partial charge is 0.257 e. The molecule has 0 unspecified atom stereocenters. The summed E-state index contributed by atoms with van der Waals surface area (Å²) < 4.78 is 34.1. The summed E-state index contributed by atoms with van der Waals surface area (Å²) in [5.74, 6) is 0.927. The summed E-state index contributed by atoms with van der Waals surface area (Å²) in [6.45, 7) is 1.04. The molecule has 1 aliphatic heterocycles. The second-order valence-electron chi connectivity index (χ2n) is 6.62. The van der Waals surface area contributed by atoms with E-state index >= 15 is 0 Å². The van der Waals surface area contributed by atoms with Gasteiger partial charge in [0.25, 0.3) is 5.91 Å². The van der Waals surface area contributed by atoms with Crippen LogP contribution < -0.4 is 14.8 Å². The van der Waals surface area contributed by atoms with Gasteiger partial charge in [0.2, 0.25) is 0 Å². The average molecular weight is 431 g/mol. The van der Waals surface area contributed by atoms with E-state index in [1.807, 2.05) is 23.6 Å². The molecular weight excluding hydrogens is 412 g/mol. The quantitative estimate of drug-likeness (QED) is 0.667. The predicted octanol–water partition coefficient (Wildman–Crippen LogP) is 3.38. The molecule has 1 amide bonds. The van der Waals surface area contributed by atoms with Gasteiger partial charge in [-0.15, -0.1) is 11.3 Å². The van der Waals surface area contributed by atoms with Gasteiger partial charge in [-0.25, -0.2) is 13.4 Å². The van der Waals surface area contributed by atoms with Crippen molar-refractivity contribution in [3.63, 3.8) is 0 Å². The molecule has 0 saturated carbocycles. The normalized spacial score (nSPS) is 13.1. The summed E-state index contributed by atoms with van der Waals surface area (Å²) in [5, 5.41) is 5.06. The molecule has 0 radical (unpaired) electrons. The lowest BCUT2D eigenvalue weighted by Crippen LogP contribution is -2.15. The van der Waals surface area contributed by atoms with E-state index in [-0.39, 0.29) is 11.7 Å². The SMILES string of the molecule is CS(=O)(=O)Cc1cccc(C(=O)Nc2nc(-c3ccc4c(c3)OCCO4)cs2)c1. The van der Waals surface area contributed by atoms with Crippen molar-refractivity contribution in [2.75, 3.05) is 24.8 Å². The van der Waals surface area contributed by atoms with Crippen molar-refractivity contribution < 1.29 is 22.7 Å². The van der Waals surface area contributed by atoms with Crippen molar-refractivity contribution in [3.8, 4) is 22.8 Å². The molecule has 0 atom stereocenters. The highest BCUT2D eigenvalue weighted by Crippen LogP contribution is 2.35. The minimum Gasteiger partial charge on any atom is -0.486 e. The minimum absolute atomic E-state index is 0.111. The molecule has 0 fully saturated rings. The van der Waals surface area contributed by atoms with E-state index in [0.29, 0.717) is 46.7 Å². The predicted molar refractivity (Wildman–Crippen MR) is 111 cm³/mol. The number of hydrogen-bond acceptors (Lipinski definition) is 7. The lowest BCUT2D eigenvalue weighted by molar-refractivity contribution is 0.102. The Hall–Kier alpha value is -2.91. The summed E-state index contributed by atoms with van der Waals surface area (Å²) in [6.07, 6.45) is 1.16. The first kappa shape index (κ1) is 19.4. The van der Waals surface area contributed by atoms with Crippen molar-refractivity contribution in [2.24, 2.45) is 0 Å². The summed E-state index contributed by atoms with van der Waals surface area (Å²) in [7, 11) is -3.17. The number of fused-ring (bicyclic) bond motifs is 1. The lowest BCUT2D eigenvalue weighted by Gasteiger charge is -2.18. The van der Waals surface area contributed by atoms with Crippen LogP contribution in [0.1, 0.15) is 15.9 Å². The van der Waals surface area contributed by atoms with Crippen LogP contribution in [0.5, 0.6) is 11.5 Å². The molecule has 150 valence electrons. The molecule has 0 spiro atoms. The number of nitrogens with one attached hydrogen (secondary N) is 1. The van der Waals surface area contributed by atoms with E-state index in [0.717, 1.165) is 11.8 Å². The third kappa shape index (κ3) is 4.75. The van der Waals surface area contributed by atoms with Crippen molar-refractivity contribution in [2.45, 2.75) is 5.75 Å². The molecule has 29 heavy (non-hydrogen) atoms. The van der Waals surface area contributed by atoms with Gasteiger partial charge >= 0.3 is 0 Å². The van der Waals surface area contributed by atoms with Gasteiger partial charge in [0, 0.05) is 22.8 Å². The largest absolute Gasteiger partial charge is 0.486 e. The number of anilines is 1. The molecule has 1 N–H and O–H groups in total. The summed E-state index contributed by atoms with van der Waals surface area (Å²) in [6, 6.07) is 12.2. The first-order valence-electron chi connectivity index (χ1n) is 8.81. The Morgan fingerprint density at radius 1 is 1.14 bits per heavy atom. The topological polar surface area (TPSA) is 94.6 Å². The number of sulfone groups is 1. The number of aromatic nitrogens is 1. The second kappa shape index (κ2) is 7.84. The fourth-order valence-electron chi connectivity index (χ4n) is 2.94. The number of carbonyl (C=O) groups is 1. The maximum absolute atomic E-state index is 12.5. The van der Waals surface area contributed by atoms with Gasteiger partial charge in [-0.3, -0.25) is 10.1 Å². The standard InChI is InChI=1S/C20H18N2O5S2/c1-29(24,25)12-13-3-2-4-15(9-13)19(23)22-20-21-16(11-28-20)14-5-6-17-18(10-14)27-8-7-26-17/h2-6,9-11H,7-8,12H2,1H3,(H,21,22,23). The van der Waals surface area contributed by atoms with Crippen LogP contribution in [0.25, 0.3) is 11.3 Å². The highest BCUT2D eigenvalue weighted by Gasteiger charge is 2.15. The zero-order chi connectivity index (χ0) is 20.4. The third-order valence-electron chi connectivity index (χ3n) is 4.18. The Kier molecular flexibility index (Phi) is 5.25. The molecule has 2 aromatic carbocycles. The second-order valence-corrected chi connectivity index (χ2v) is 9.62. The molecule has 0 bridgehead atoms. The van der Waals surface area contributed by atoms with Crippen molar-refractivity contribution in [1.29, 1.82) is 0 Å². The van der Waals surface area contributed by atoms with Crippen molar-refractivity contribution in [1.82, 2.24) is 4.98 Å². The van der Waals surface area contributed by atoms with E-state index < -0.39 is 9.84 Å². The highest BCUT2D eigenvalue weighted by molar-refractivity contribution is 7.89. The summed E-state index contributed by atoms with van der Waals surface area (Å²) >= 11 is 1.31. The van der Waals surface area contributed by atoms with Crippen LogP contribution in [0.4, 0.5) is 5.13 Å². The van der Waals surface area contributed by atoms with Gasteiger partial charge in [0.05, 0.1) is 11.4 Å². The molecule has 9 heteroatoms. The molecule has 0 saturated heterocycles. The Balaban J connectivity index is 1.49. The molecule has 0 aliphatic carbocycles. The lowest BCUT2D eigenvalue weighted by atomic mass is 10.1. The van der Waals surface area contributed by atoms with Gasteiger partial charge in [-0.2, -0.15) is 0 Å². The van der Waals surface area contributed by atoms with Crippen LogP contribution in [0.2, 0.25) is 0 Å². The first-order chi connectivity index (χ1) is 13.9. The number of thiazole rings is 1. The van der Waals surface area contributed by atoms with Gasteiger partial charge in [-0.05, 0) is 35.9 Å².